The predicted octanol–water partition coefficient (Wildman–Crippen LogP) is 6.00. The minimum atomic E-state index is -0.550. The summed E-state index contributed by atoms with van der Waals surface area (Å²) >= 11 is 0. The highest BCUT2D eigenvalue weighted by molar-refractivity contribution is 6.07. The fourth-order valence-electron chi connectivity index (χ4n) is 6.16. The number of carbonyl (C=O) groups excluding carboxylic acids is 2. The van der Waals surface area contributed by atoms with E-state index in [1.807, 2.05) is 44.1 Å². The van der Waals surface area contributed by atoms with Crippen molar-refractivity contribution in [1.82, 2.24) is 24.8 Å². The van der Waals surface area contributed by atoms with E-state index in [1.165, 1.54) is 22.0 Å². The van der Waals surface area contributed by atoms with Crippen LogP contribution in [-0.2, 0) is 27.3 Å². The zero-order valence-corrected chi connectivity index (χ0v) is 25.4. The summed E-state index contributed by atoms with van der Waals surface area (Å²) in [5.74, 6) is -0.254. The number of Topliss-reactive ketones (excluding diaryl/α,β-unsaturated/α-hetero) is 1. The largest absolute Gasteiger partial charge is 0.459 e. The number of hydrogen-bond donors (Lipinski definition) is 1. The van der Waals surface area contributed by atoms with Crippen LogP contribution in [0.4, 0.5) is 0 Å². The fraction of sp³-hybridized carbons (Fsp3) is 0.471. The van der Waals surface area contributed by atoms with E-state index in [2.05, 4.69) is 46.3 Å². The molecule has 1 N–H and O–H groups in total. The number of H-pyrrole nitrogens is 1. The number of ketones is 1. The molecule has 1 aromatic carbocycles. The van der Waals surface area contributed by atoms with E-state index < -0.39 is 5.60 Å². The summed E-state index contributed by atoms with van der Waals surface area (Å²) in [6.45, 7) is 9.73. The van der Waals surface area contributed by atoms with E-state index in [0.717, 1.165) is 55.4 Å². The average Bonchev–Trinajstić information content (AvgIpc) is 3.32. The molecule has 0 amide bonds. The number of nitrogens with zero attached hydrogens (tertiary/aromatic N) is 4. The molecular weight excluding hydrogens is 526 g/mol. The predicted molar refractivity (Wildman–Crippen MR) is 166 cm³/mol. The second-order valence-electron chi connectivity index (χ2n) is 12.5. The van der Waals surface area contributed by atoms with Gasteiger partial charge >= 0.3 is 5.97 Å². The quantitative estimate of drug-likeness (QED) is 0.165. The summed E-state index contributed by atoms with van der Waals surface area (Å²) in [6, 6.07) is 14.9. The van der Waals surface area contributed by atoms with Gasteiger partial charge in [0.2, 0.25) is 0 Å². The van der Waals surface area contributed by atoms with Crippen LogP contribution in [0.3, 0.4) is 0 Å². The number of aromatic amines is 1. The van der Waals surface area contributed by atoms with Gasteiger partial charge in [0.1, 0.15) is 11.4 Å². The van der Waals surface area contributed by atoms with Crippen molar-refractivity contribution in [3.8, 4) is 0 Å². The van der Waals surface area contributed by atoms with Crippen LogP contribution in [0.5, 0.6) is 0 Å². The number of para-hydroxylation sites is 1. The van der Waals surface area contributed by atoms with Crippen molar-refractivity contribution in [2.24, 2.45) is 0 Å². The molecule has 0 saturated heterocycles. The van der Waals surface area contributed by atoms with Gasteiger partial charge in [-0.05, 0) is 96.7 Å². The number of fused-ring (bicyclic) bond motifs is 4. The van der Waals surface area contributed by atoms with Crippen LogP contribution in [-0.4, -0.2) is 68.3 Å². The maximum atomic E-state index is 12.5. The minimum absolute atomic E-state index is 0.0441. The SMILES string of the molecule is CC(=O)CN(CCCCN(Cc1nccc2c1[nH]c1ccccc12)[C@H]1CCCc2cccnc21)CC(=O)OC(C)(C)C. The van der Waals surface area contributed by atoms with Crippen molar-refractivity contribution in [2.45, 2.75) is 78.0 Å². The molecule has 3 heterocycles. The lowest BCUT2D eigenvalue weighted by molar-refractivity contribution is -0.156. The van der Waals surface area contributed by atoms with Crippen molar-refractivity contribution in [2.75, 3.05) is 26.2 Å². The summed E-state index contributed by atoms with van der Waals surface area (Å²) in [5, 5.41) is 2.41. The van der Waals surface area contributed by atoms with E-state index in [0.29, 0.717) is 13.1 Å². The third-order valence-electron chi connectivity index (χ3n) is 7.85. The highest BCUT2D eigenvalue weighted by atomic mass is 16.6. The molecular formula is C34H43N5O3. The van der Waals surface area contributed by atoms with Crippen LogP contribution in [0.1, 0.15) is 76.4 Å². The summed E-state index contributed by atoms with van der Waals surface area (Å²) in [6.07, 6.45) is 8.85. The zero-order valence-electron chi connectivity index (χ0n) is 25.4. The van der Waals surface area contributed by atoms with Gasteiger partial charge in [-0.1, -0.05) is 24.3 Å². The summed E-state index contributed by atoms with van der Waals surface area (Å²) in [4.78, 5) is 42.2. The standard InChI is InChI=1S/C34H43N5O3/c1-24(40)21-38(23-31(41)42-34(2,3)4)19-7-8-20-39(30-15-9-11-25-12-10-17-36-32(25)30)22-29-33-27(16-18-35-29)26-13-5-6-14-28(26)37-33/h5-6,10,12-14,16-18,30,37H,7-9,11,15,19-23H2,1-4H3/t30-/m0/s1. The van der Waals surface area contributed by atoms with Gasteiger partial charge in [-0.3, -0.25) is 29.4 Å². The molecule has 222 valence electrons. The number of nitrogens with one attached hydrogen (secondary N) is 1. The second-order valence-corrected chi connectivity index (χ2v) is 12.5. The molecule has 1 atom stereocenters. The number of esters is 1. The van der Waals surface area contributed by atoms with Gasteiger partial charge < -0.3 is 9.72 Å². The molecule has 42 heavy (non-hydrogen) atoms. The Morgan fingerprint density at radius 3 is 2.60 bits per heavy atom. The van der Waals surface area contributed by atoms with Crippen molar-refractivity contribution >= 4 is 33.6 Å². The Morgan fingerprint density at radius 1 is 0.976 bits per heavy atom. The van der Waals surface area contributed by atoms with Crippen LogP contribution in [0, 0.1) is 0 Å². The number of aryl methyl sites for hydroxylation is 1. The van der Waals surface area contributed by atoms with Gasteiger partial charge in [0, 0.05) is 35.2 Å². The number of aromatic nitrogens is 3. The van der Waals surface area contributed by atoms with E-state index in [4.69, 9.17) is 14.7 Å². The Labute approximate surface area is 248 Å². The zero-order chi connectivity index (χ0) is 29.7. The van der Waals surface area contributed by atoms with Crippen LogP contribution in [0.2, 0.25) is 0 Å². The number of rotatable bonds is 12. The highest BCUT2D eigenvalue weighted by Crippen LogP contribution is 2.35. The maximum absolute atomic E-state index is 12.5. The van der Waals surface area contributed by atoms with E-state index in [-0.39, 0.29) is 30.9 Å². The molecule has 3 aromatic heterocycles. The number of unbranched alkanes of at least 4 members (excludes halogenated alkanes) is 1. The molecule has 0 radical (unpaired) electrons. The van der Waals surface area contributed by atoms with Gasteiger partial charge in [-0.25, -0.2) is 0 Å². The Hall–Kier alpha value is -3.62. The number of benzene rings is 1. The van der Waals surface area contributed by atoms with Gasteiger partial charge in [0.25, 0.3) is 0 Å². The van der Waals surface area contributed by atoms with Crippen LogP contribution in [0.15, 0.2) is 54.9 Å². The van der Waals surface area contributed by atoms with Gasteiger partial charge in [0.05, 0.1) is 36.0 Å². The molecule has 0 bridgehead atoms. The van der Waals surface area contributed by atoms with Crippen molar-refractivity contribution < 1.29 is 14.3 Å². The Kier molecular flexibility index (Phi) is 9.34. The average molecular weight is 570 g/mol. The van der Waals surface area contributed by atoms with Crippen molar-refractivity contribution in [3.63, 3.8) is 0 Å². The molecule has 5 rings (SSSR count). The summed E-state index contributed by atoms with van der Waals surface area (Å²) in [5.41, 5.74) is 5.21. The first kappa shape index (κ1) is 29.9. The number of pyridine rings is 2. The van der Waals surface area contributed by atoms with Gasteiger partial charge in [-0.15, -0.1) is 0 Å². The van der Waals surface area contributed by atoms with E-state index >= 15 is 0 Å². The van der Waals surface area contributed by atoms with Gasteiger partial charge in [0.15, 0.2) is 0 Å². The molecule has 0 unspecified atom stereocenters. The molecule has 1 aliphatic carbocycles. The fourth-order valence-corrected chi connectivity index (χ4v) is 6.16. The molecule has 0 aliphatic heterocycles. The number of hydrogen-bond acceptors (Lipinski definition) is 7. The topological polar surface area (TPSA) is 91.4 Å². The first-order valence-electron chi connectivity index (χ1n) is 15.1. The highest BCUT2D eigenvalue weighted by Gasteiger charge is 2.28. The lowest BCUT2D eigenvalue weighted by Crippen LogP contribution is -2.38. The van der Waals surface area contributed by atoms with Crippen LogP contribution >= 0.6 is 0 Å². The first-order valence-corrected chi connectivity index (χ1v) is 15.1. The lowest BCUT2D eigenvalue weighted by Gasteiger charge is -2.35. The monoisotopic (exact) mass is 569 g/mol. The van der Waals surface area contributed by atoms with E-state index in [9.17, 15) is 9.59 Å². The molecule has 0 saturated carbocycles. The van der Waals surface area contributed by atoms with E-state index in [1.54, 1.807) is 6.92 Å². The normalized spacial score (nSPS) is 15.4. The van der Waals surface area contributed by atoms with Crippen LogP contribution in [0.25, 0.3) is 21.8 Å². The molecule has 1 aliphatic rings. The number of ether oxygens (including phenoxy) is 1. The smallest absolute Gasteiger partial charge is 0.320 e. The maximum Gasteiger partial charge on any atom is 0.320 e. The molecule has 4 aromatic rings. The minimum Gasteiger partial charge on any atom is -0.459 e. The molecule has 0 spiro atoms. The van der Waals surface area contributed by atoms with Crippen LogP contribution < -0.4 is 0 Å². The Bertz CT molecular complexity index is 1540. The molecule has 8 heteroatoms. The Balaban J connectivity index is 1.33. The molecule has 8 nitrogen and oxygen atoms in total. The van der Waals surface area contributed by atoms with Crippen molar-refractivity contribution in [3.05, 3.63) is 71.8 Å². The lowest BCUT2D eigenvalue weighted by atomic mass is 9.90. The number of carbonyl (C=O) groups is 2. The van der Waals surface area contributed by atoms with Crippen molar-refractivity contribution in [1.29, 1.82) is 0 Å². The Morgan fingerprint density at radius 2 is 1.79 bits per heavy atom. The molecule has 0 fully saturated rings. The second kappa shape index (κ2) is 13.1. The third kappa shape index (κ3) is 7.41. The van der Waals surface area contributed by atoms with Gasteiger partial charge in [-0.2, -0.15) is 0 Å². The summed E-state index contributed by atoms with van der Waals surface area (Å²) < 4.78 is 5.51. The first-order chi connectivity index (χ1) is 20.2. The summed E-state index contributed by atoms with van der Waals surface area (Å²) in [7, 11) is 0. The third-order valence-corrected chi connectivity index (χ3v) is 7.85.